The Morgan fingerprint density at radius 1 is 0.449 bits per heavy atom. The molecule has 0 saturated heterocycles. The average molecular weight is 694 g/mol. The monoisotopic (exact) mass is 692 g/mol. The summed E-state index contributed by atoms with van der Waals surface area (Å²) in [4.78, 5) is -1.06. The summed E-state index contributed by atoms with van der Waals surface area (Å²) in [6.07, 6.45) is 0. The topological polar surface area (TPSA) is 53.5 Å². The van der Waals surface area contributed by atoms with Gasteiger partial charge >= 0.3 is 0 Å². The molecule has 0 amide bonds. The molecule has 0 bridgehead atoms. The molecule has 6 rings (SSSR count). The molecular weight excluding hydrogens is 647 g/mol. The lowest BCUT2D eigenvalue weighted by Gasteiger charge is -2.39. The van der Waals surface area contributed by atoms with Crippen LogP contribution in [0.15, 0.2) is 109 Å². The molecule has 0 aliphatic rings. The van der Waals surface area contributed by atoms with Gasteiger partial charge in [0.25, 0.3) is 5.79 Å². The van der Waals surface area contributed by atoms with E-state index in [0.29, 0.717) is 0 Å². The van der Waals surface area contributed by atoms with E-state index in [9.17, 15) is 0 Å². The van der Waals surface area contributed by atoms with Gasteiger partial charge in [-0.15, -0.1) is 0 Å². The van der Waals surface area contributed by atoms with Crippen LogP contribution in [0.4, 0.5) is 0 Å². The van der Waals surface area contributed by atoms with Crippen LogP contribution in [0.1, 0.15) is 92.4 Å². The van der Waals surface area contributed by atoms with Crippen molar-refractivity contribution in [3.8, 4) is 0 Å². The minimum Gasteiger partial charge on any atom is -0.219 e. The molecule has 3 aromatic carbocycles. The van der Waals surface area contributed by atoms with Crippen molar-refractivity contribution in [1.82, 2.24) is 29.3 Å². The molecule has 49 heavy (non-hydrogen) atoms. The number of halogens is 2. The van der Waals surface area contributed by atoms with Crippen molar-refractivity contribution in [2.24, 2.45) is 0 Å². The maximum atomic E-state index is 7.32. The van der Waals surface area contributed by atoms with Crippen LogP contribution in [-0.2, 0) is 22.0 Å². The van der Waals surface area contributed by atoms with Crippen LogP contribution in [0.2, 0.25) is 0 Å². The van der Waals surface area contributed by atoms with Crippen molar-refractivity contribution in [2.45, 2.75) is 89.2 Å². The number of aryl methyl sites for hydroxylation is 3. The normalized spacial score (nSPS) is 13.0. The molecule has 8 heteroatoms. The zero-order valence-electron chi connectivity index (χ0n) is 29.9. The standard InChI is InChI=1S/C41H46Cl2N6/c1-28-25-34(38(4,5)31-19-13-10-14-20-31)44-47(28)41(37(42)43,48-29(2)26-35(45-48)39(6,7)32-21-15-11-16-22-32)49-30(3)27-36(46-49)40(8,9)33-23-17-12-18-24-33/h10-27,37H,1-9H3. The van der Waals surface area contributed by atoms with Gasteiger partial charge in [0, 0.05) is 33.3 Å². The number of hydrogen-bond acceptors (Lipinski definition) is 3. The molecule has 3 heterocycles. The summed E-state index contributed by atoms with van der Waals surface area (Å²) in [5.41, 5.74) is 7.54. The van der Waals surface area contributed by atoms with Gasteiger partial charge in [-0.1, -0.05) is 156 Å². The second kappa shape index (κ2) is 12.6. The SMILES string of the molecule is Cc1cc(C(C)(C)c2ccccc2)nn1C(C(Cl)Cl)(n1nc(C(C)(C)c2ccccc2)cc1C)n1nc(C(C)(C)c2ccccc2)cc1C. The van der Waals surface area contributed by atoms with Crippen LogP contribution >= 0.6 is 23.2 Å². The molecule has 0 fully saturated rings. The van der Waals surface area contributed by atoms with E-state index in [1.165, 1.54) is 0 Å². The summed E-state index contributed by atoms with van der Waals surface area (Å²) in [5.74, 6) is -1.40. The summed E-state index contributed by atoms with van der Waals surface area (Å²) in [6, 6.07) is 37.7. The Morgan fingerprint density at radius 2 is 0.694 bits per heavy atom. The van der Waals surface area contributed by atoms with Crippen LogP contribution < -0.4 is 0 Å². The van der Waals surface area contributed by atoms with Crippen molar-refractivity contribution >= 4 is 23.2 Å². The van der Waals surface area contributed by atoms with Gasteiger partial charge in [0.15, 0.2) is 4.84 Å². The maximum absolute atomic E-state index is 7.32. The molecule has 254 valence electrons. The Hall–Kier alpha value is -4.13. The van der Waals surface area contributed by atoms with E-state index in [1.54, 1.807) is 0 Å². The highest BCUT2D eigenvalue weighted by molar-refractivity contribution is 6.45. The Balaban J connectivity index is 1.64. The summed E-state index contributed by atoms with van der Waals surface area (Å²) in [6.45, 7) is 19.3. The Labute approximate surface area is 300 Å². The summed E-state index contributed by atoms with van der Waals surface area (Å²) < 4.78 is 5.78. The average Bonchev–Trinajstić information content (AvgIpc) is 3.81. The number of alkyl halides is 2. The predicted molar refractivity (Wildman–Crippen MR) is 201 cm³/mol. The Kier molecular flexibility index (Phi) is 8.96. The van der Waals surface area contributed by atoms with Gasteiger partial charge < -0.3 is 0 Å². The molecule has 0 N–H and O–H groups in total. The van der Waals surface area contributed by atoms with Gasteiger partial charge in [-0.05, 0) is 55.7 Å². The van der Waals surface area contributed by atoms with Gasteiger partial charge in [0.05, 0.1) is 17.1 Å². The van der Waals surface area contributed by atoms with E-state index < -0.39 is 26.9 Å². The first-order valence-corrected chi connectivity index (χ1v) is 17.7. The Bertz CT molecular complexity index is 1820. The first kappa shape index (κ1) is 34.7. The smallest absolute Gasteiger partial charge is 0.219 e. The molecule has 0 spiro atoms. The second-order valence-corrected chi connectivity index (χ2v) is 15.8. The quantitative estimate of drug-likeness (QED) is 0.134. The van der Waals surface area contributed by atoms with Gasteiger partial charge in [-0.25, -0.2) is 14.0 Å². The lowest BCUT2D eigenvalue weighted by Crippen LogP contribution is -2.56. The third kappa shape index (κ3) is 5.73. The van der Waals surface area contributed by atoms with Crippen molar-refractivity contribution in [2.75, 3.05) is 0 Å². The zero-order chi connectivity index (χ0) is 35.4. The molecule has 0 radical (unpaired) electrons. The largest absolute Gasteiger partial charge is 0.280 e. The minimum absolute atomic E-state index is 0.406. The summed E-state index contributed by atoms with van der Waals surface area (Å²) in [5, 5.41) is 16.1. The predicted octanol–water partition coefficient (Wildman–Crippen LogP) is 9.69. The zero-order valence-corrected chi connectivity index (χ0v) is 31.4. The third-order valence-corrected chi connectivity index (χ3v) is 10.9. The highest BCUT2D eigenvalue weighted by atomic mass is 35.5. The molecule has 0 aliphatic carbocycles. The molecule has 0 atom stereocenters. The number of nitrogens with zero attached hydrogens (tertiary/aromatic N) is 6. The van der Waals surface area contributed by atoms with Crippen molar-refractivity contribution in [3.63, 3.8) is 0 Å². The van der Waals surface area contributed by atoms with E-state index in [-0.39, 0.29) is 0 Å². The van der Waals surface area contributed by atoms with E-state index in [0.717, 1.165) is 50.9 Å². The molecule has 6 nitrogen and oxygen atoms in total. The first-order chi connectivity index (χ1) is 23.1. The highest BCUT2D eigenvalue weighted by Crippen LogP contribution is 2.41. The lowest BCUT2D eigenvalue weighted by atomic mass is 9.81. The van der Waals surface area contributed by atoms with E-state index in [4.69, 9.17) is 38.5 Å². The van der Waals surface area contributed by atoms with Crippen LogP contribution in [-0.4, -0.2) is 34.2 Å². The third-order valence-electron chi connectivity index (χ3n) is 10.3. The molecule has 0 unspecified atom stereocenters. The maximum Gasteiger partial charge on any atom is 0.280 e. The van der Waals surface area contributed by atoms with Crippen molar-refractivity contribution < 1.29 is 0 Å². The van der Waals surface area contributed by atoms with Crippen molar-refractivity contribution in [3.05, 3.63) is 160 Å². The lowest BCUT2D eigenvalue weighted by molar-refractivity contribution is 0.121. The van der Waals surface area contributed by atoms with Gasteiger partial charge in [0.1, 0.15) is 0 Å². The Morgan fingerprint density at radius 3 is 0.918 bits per heavy atom. The minimum atomic E-state index is -1.40. The number of hydrogen-bond donors (Lipinski definition) is 0. The molecule has 0 saturated carbocycles. The summed E-state index contributed by atoms with van der Waals surface area (Å²) in [7, 11) is 0. The highest BCUT2D eigenvalue weighted by Gasteiger charge is 2.50. The van der Waals surface area contributed by atoms with Gasteiger partial charge in [-0.3, -0.25) is 0 Å². The van der Waals surface area contributed by atoms with Gasteiger partial charge in [-0.2, -0.15) is 15.3 Å². The first-order valence-electron chi connectivity index (χ1n) is 16.8. The fourth-order valence-corrected chi connectivity index (χ4v) is 7.45. The molecule has 6 aromatic rings. The number of aromatic nitrogens is 6. The number of benzene rings is 3. The number of rotatable bonds is 10. The molecule has 0 aliphatic heterocycles. The van der Waals surface area contributed by atoms with Crippen LogP contribution in [0, 0.1) is 20.8 Å². The molecule has 3 aromatic heterocycles. The fourth-order valence-electron chi connectivity index (χ4n) is 6.89. The van der Waals surface area contributed by atoms with E-state index in [1.807, 2.05) is 53.0 Å². The fraction of sp³-hybridized carbons (Fsp3) is 0.341. The van der Waals surface area contributed by atoms with Crippen LogP contribution in [0.25, 0.3) is 0 Å². The van der Waals surface area contributed by atoms with Crippen molar-refractivity contribution in [1.29, 1.82) is 0 Å². The molecular formula is C41H46Cl2N6. The summed E-state index contributed by atoms with van der Waals surface area (Å²) >= 11 is 14.6. The van der Waals surface area contributed by atoms with E-state index >= 15 is 0 Å². The van der Waals surface area contributed by atoms with E-state index in [2.05, 4.69) is 133 Å². The van der Waals surface area contributed by atoms with Gasteiger partial charge in [0.2, 0.25) is 0 Å². The second-order valence-electron chi connectivity index (χ2n) is 14.7. The van der Waals surface area contributed by atoms with Crippen LogP contribution in [0.3, 0.4) is 0 Å². The van der Waals surface area contributed by atoms with Crippen LogP contribution in [0.5, 0.6) is 0 Å².